The molecular weight excluding hydrogens is 216 g/mol. The van der Waals surface area contributed by atoms with Crippen LogP contribution in [0.4, 0.5) is 0 Å². The van der Waals surface area contributed by atoms with Crippen LogP contribution in [0.1, 0.15) is 25.3 Å². The SMILES string of the molecule is COc1cc(C(C)C)ccc1-c1cccs1. The summed E-state index contributed by atoms with van der Waals surface area (Å²) in [6.45, 7) is 4.39. The van der Waals surface area contributed by atoms with E-state index in [0.717, 1.165) is 5.75 Å². The average Bonchev–Trinajstić information content (AvgIpc) is 2.81. The second-order valence-corrected chi connectivity index (χ2v) is 5.04. The lowest BCUT2D eigenvalue weighted by Crippen LogP contribution is -1.91. The number of thiophene rings is 1. The minimum Gasteiger partial charge on any atom is -0.496 e. The Balaban J connectivity index is 2.47. The summed E-state index contributed by atoms with van der Waals surface area (Å²) in [6.07, 6.45) is 0. The van der Waals surface area contributed by atoms with Gasteiger partial charge in [-0.15, -0.1) is 11.3 Å². The Morgan fingerprint density at radius 3 is 2.56 bits per heavy atom. The second kappa shape index (κ2) is 4.71. The van der Waals surface area contributed by atoms with Gasteiger partial charge in [-0.2, -0.15) is 0 Å². The highest BCUT2D eigenvalue weighted by molar-refractivity contribution is 7.13. The first-order valence-electron chi connectivity index (χ1n) is 5.44. The maximum atomic E-state index is 5.47. The molecule has 0 saturated carbocycles. The van der Waals surface area contributed by atoms with E-state index < -0.39 is 0 Å². The van der Waals surface area contributed by atoms with Gasteiger partial charge in [-0.3, -0.25) is 0 Å². The maximum Gasteiger partial charge on any atom is 0.127 e. The number of methoxy groups -OCH3 is 1. The van der Waals surface area contributed by atoms with Crippen LogP contribution in [0.25, 0.3) is 10.4 Å². The van der Waals surface area contributed by atoms with Gasteiger partial charge < -0.3 is 4.74 Å². The predicted molar refractivity (Wildman–Crippen MR) is 70.4 cm³/mol. The standard InChI is InChI=1S/C14H16OS/c1-10(2)11-6-7-12(13(9-11)15-3)14-5-4-8-16-14/h4-10H,1-3H3. The quantitative estimate of drug-likeness (QED) is 0.754. The molecule has 2 rings (SSSR count). The molecule has 0 spiro atoms. The molecule has 0 aliphatic carbocycles. The summed E-state index contributed by atoms with van der Waals surface area (Å²) < 4.78 is 5.47. The minimum absolute atomic E-state index is 0.534. The van der Waals surface area contributed by atoms with Crippen LogP contribution in [0.2, 0.25) is 0 Å². The molecule has 2 aromatic rings. The highest BCUT2D eigenvalue weighted by atomic mass is 32.1. The van der Waals surface area contributed by atoms with E-state index in [1.54, 1.807) is 18.4 Å². The lowest BCUT2D eigenvalue weighted by Gasteiger charge is -2.11. The smallest absolute Gasteiger partial charge is 0.127 e. The van der Waals surface area contributed by atoms with E-state index in [0.29, 0.717) is 5.92 Å². The highest BCUT2D eigenvalue weighted by Crippen LogP contribution is 2.35. The number of rotatable bonds is 3. The summed E-state index contributed by atoms with van der Waals surface area (Å²) in [5.41, 5.74) is 2.50. The first-order chi connectivity index (χ1) is 7.72. The van der Waals surface area contributed by atoms with Gasteiger partial charge in [0, 0.05) is 10.4 Å². The molecule has 2 heteroatoms. The Hall–Kier alpha value is -1.28. The van der Waals surface area contributed by atoms with Gasteiger partial charge in [-0.05, 0) is 35.1 Å². The van der Waals surface area contributed by atoms with Crippen molar-refractivity contribution in [2.45, 2.75) is 19.8 Å². The molecule has 0 atom stereocenters. The van der Waals surface area contributed by atoms with Crippen molar-refractivity contribution in [2.24, 2.45) is 0 Å². The largest absolute Gasteiger partial charge is 0.496 e. The van der Waals surface area contributed by atoms with Crippen molar-refractivity contribution in [1.29, 1.82) is 0 Å². The van der Waals surface area contributed by atoms with Crippen molar-refractivity contribution < 1.29 is 4.74 Å². The molecule has 0 N–H and O–H groups in total. The summed E-state index contributed by atoms with van der Waals surface area (Å²) in [4.78, 5) is 1.26. The number of benzene rings is 1. The van der Waals surface area contributed by atoms with Crippen LogP contribution < -0.4 is 4.74 Å². The molecule has 0 saturated heterocycles. The monoisotopic (exact) mass is 232 g/mol. The third kappa shape index (κ3) is 2.12. The number of hydrogen-bond donors (Lipinski definition) is 0. The third-order valence-corrected chi connectivity index (χ3v) is 3.58. The van der Waals surface area contributed by atoms with E-state index in [1.807, 2.05) is 0 Å². The van der Waals surface area contributed by atoms with Crippen molar-refractivity contribution in [2.75, 3.05) is 7.11 Å². The van der Waals surface area contributed by atoms with Crippen LogP contribution in [0.5, 0.6) is 5.75 Å². The lowest BCUT2D eigenvalue weighted by molar-refractivity contribution is 0.416. The molecule has 0 aliphatic heterocycles. The van der Waals surface area contributed by atoms with Crippen molar-refractivity contribution in [1.82, 2.24) is 0 Å². The summed E-state index contributed by atoms with van der Waals surface area (Å²) in [7, 11) is 1.73. The van der Waals surface area contributed by atoms with E-state index in [1.165, 1.54) is 16.0 Å². The fourth-order valence-electron chi connectivity index (χ4n) is 1.70. The van der Waals surface area contributed by atoms with Gasteiger partial charge in [0.15, 0.2) is 0 Å². The molecule has 84 valence electrons. The van der Waals surface area contributed by atoms with Gasteiger partial charge in [0.05, 0.1) is 7.11 Å². The van der Waals surface area contributed by atoms with Crippen molar-refractivity contribution in [3.63, 3.8) is 0 Å². The first-order valence-corrected chi connectivity index (χ1v) is 6.32. The topological polar surface area (TPSA) is 9.23 Å². The Bertz CT molecular complexity index is 458. The number of hydrogen-bond acceptors (Lipinski definition) is 2. The van der Waals surface area contributed by atoms with Crippen molar-refractivity contribution in [3.8, 4) is 16.2 Å². The van der Waals surface area contributed by atoms with Crippen molar-refractivity contribution in [3.05, 3.63) is 41.3 Å². The molecule has 0 unspecified atom stereocenters. The van der Waals surface area contributed by atoms with E-state index in [9.17, 15) is 0 Å². The van der Waals surface area contributed by atoms with Crippen LogP contribution >= 0.6 is 11.3 Å². The van der Waals surface area contributed by atoms with Crippen LogP contribution in [0.15, 0.2) is 35.7 Å². The van der Waals surface area contributed by atoms with E-state index in [4.69, 9.17) is 4.74 Å². The Morgan fingerprint density at radius 2 is 2.00 bits per heavy atom. The van der Waals surface area contributed by atoms with E-state index in [-0.39, 0.29) is 0 Å². The maximum absolute atomic E-state index is 5.47. The third-order valence-electron chi connectivity index (χ3n) is 2.68. The minimum atomic E-state index is 0.534. The fraction of sp³-hybridized carbons (Fsp3) is 0.286. The molecule has 1 nitrogen and oxygen atoms in total. The molecule has 1 aromatic carbocycles. The highest BCUT2D eigenvalue weighted by Gasteiger charge is 2.09. The zero-order valence-electron chi connectivity index (χ0n) is 9.86. The molecule has 0 amide bonds. The summed E-state index contributed by atoms with van der Waals surface area (Å²) in [5, 5.41) is 2.09. The summed E-state index contributed by atoms with van der Waals surface area (Å²) in [5.74, 6) is 1.50. The lowest BCUT2D eigenvalue weighted by atomic mass is 10.0. The molecule has 0 fully saturated rings. The van der Waals surface area contributed by atoms with E-state index in [2.05, 4.69) is 49.6 Å². The normalized spacial score (nSPS) is 10.8. The summed E-state index contributed by atoms with van der Waals surface area (Å²) in [6, 6.07) is 10.7. The molecule has 1 aromatic heterocycles. The van der Waals surface area contributed by atoms with Gasteiger partial charge in [0.25, 0.3) is 0 Å². The van der Waals surface area contributed by atoms with Gasteiger partial charge >= 0.3 is 0 Å². The van der Waals surface area contributed by atoms with Crippen LogP contribution in [-0.4, -0.2) is 7.11 Å². The average molecular weight is 232 g/mol. The molecule has 0 aliphatic rings. The first kappa shape index (κ1) is 11.2. The predicted octanol–water partition coefficient (Wildman–Crippen LogP) is 4.55. The van der Waals surface area contributed by atoms with Gasteiger partial charge in [-0.1, -0.05) is 26.0 Å². The number of ether oxygens (including phenoxy) is 1. The van der Waals surface area contributed by atoms with Gasteiger partial charge in [0.1, 0.15) is 5.75 Å². The summed E-state index contributed by atoms with van der Waals surface area (Å²) >= 11 is 1.74. The Kier molecular flexibility index (Phi) is 3.30. The van der Waals surface area contributed by atoms with Gasteiger partial charge in [-0.25, -0.2) is 0 Å². The molecule has 0 radical (unpaired) electrons. The molecule has 0 bridgehead atoms. The fourth-order valence-corrected chi connectivity index (χ4v) is 2.46. The Morgan fingerprint density at radius 1 is 1.19 bits per heavy atom. The molecule has 1 heterocycles. The molecular formula is C14H16OS. The molecule has 16 heavy (non-hydrogen) atoms. The van der Waals surface area contributed by atoms with Crippen LogP contribution in [-0.2, 0) is 0 Å². The van der Waals surface area contributed by atoms with Crippen LogP contribution in [0.3, 0.4) is 0 Å². The van der Waals surface area contributed by atoms with Gasteiger partial charge in [0.2, 0.25) is 0 Å². The van der Waals surface area contributed by atoms with E-state index >= 15 is 0 Å². The van der Waals surface area contributed by atoms with Crippen molar-refractivity contribution >= 4 is 11.3 Å². The zero-order chi connectivity index (χ0) is 11.5. The van der Waals surface area contributed by atoms with Crippen LogP contribution in [0, 0.1) is 0 Å². The second-order valence-electron chi connectivity index (χ2n) is 4.09. The Labute approximate surface area is 101 Å². The zero-order valence-corrected chi connectivity index (χ0v) is 10.7.